The second kappa shape index (κ2) is 12.1. The van der Waals surface area contributed by atoms with Crippen LogP contribution in [0.5, 0.6) is 5.75 Å². The topological polar surface area (TPSA) is 110 Å². The zero-order valence-corrected chi connectivity index (χ0v) is 20.3. The summed E-state index contributed by atoms with van der Waals surface area (Å²) in [6, 6.07) is 27.6. The number of carbonyl (C=O) groups is 2. The smallest absolute Gasteiger partial charge is 0.378 e. The van der Waals surface area contributed by atoms with Crippen LogP contribution in [0, 0.1) is 11.3 Å². The lowest BCUT2D eigenvalue weighted by Gasteiger charge is -2.21. The lowest BCUT2D eigenvalue weighted by molar-refractivity contribution is -0.121. The van der Waals surface area contributed by atoms with Gasteiger partial charge in [-0.05, 0) is 43.3 Å². The monoisotopic (exact) mass is 495 g/mol. The van der Waals surface area contributed by atoms with Crippen molar-refractivity contribution in [1.29, 1.82) is 5.26 Å². The number of carbonyl (C=O) groups excluding carboxylic acids is 2. The highest BCUT2D eigenvalue weighted by atomic mass is 16.5. The Kier molecular flexibility index (Phi) is 8.24. The van der Waals surface area contributed by atoms with Crippen LogP contribution in [0.15, 0.2) is 84.9 Å². The molecule has 4 rings (SSSR count). The van der Waals surface area contributed by atoms with Crippen molar-refractivity contribution < 1.29 is 19.1 Å². The maximum Gasteiger partial charge on any atom is 0.378 e. The molecule has 0 spiro atoms. The van der Waals surface area contributed by atoms with E-state index in [2.05, 4.69) is 10.1 Å². The molecule has 0 saturated heterocycles. The van der Waals surface area contributed by atoms with Crippen molar-refractivity contribution in [2.45, 2.75) is 13.3 Å². The van der Waals surface area contributed by atoms with Crippen molar-refractivity contribution in [3.05, 3.63) is 90.8 Å². The maximum absolute atomic E-state index is 13.0. The van der Waals surface area contributed by atoms with Crippen molar-refractivity contribution in [2.24, 2.45) is 0 Å². The van der Waals surface area contributed by atoms with Crippen molar-refractivity contribution >= 4 is 17.6 Å². The summed E-state index contributed by atoms with van der Waals surface area (Å²) in [7, 11) is 0. The minimum absolute atomic E-state index is 0.121. The molecule has 0 aliphatic rings. The predicted octanol–water partition coefficient (Wildman–Crippen LogP) is 4.44. The normalized spacial score (nSPS) is 10.4. The third-order valence-corrected chi connectivity index (χ3v) is 5.36. The first kappa shape index (κ1) is 25.1. The summed E-state index contributed by atoms with van der Waals surface area (Å²) < 4.78 is 12.3. The van der Waals surface area contributed by atoms with Gasteiger partial charge in [0.15, 0.2) is 12.4 Å². The number of nitriles is 1. The van der Waals surface area contributed by atoms with E-state index in [0.717, 1.165) is 11.3 Å². The summed E-state index contributed by atoms with van der Waals surface area (Å²) >= 11 is 0. The van der Waals surface area contributed by atoms with E-state index < -0.39 is 18.5 Å². The van der Waals surface area contributed by atoms with E-state index in [-0.39, 0.29) is 18.8 Å². The van der Waals surface area contributed by atoms with Gasteiger partial charge in [0.2, 0.25) is 0 Å². The molecular weight excluding hydrogens is 470 g/mol. The average Bonchev–Trinajstić information content (AvgIpc) is 3.40. The van der Waals surface area contributed by atoms with Gasteiger partial charge in [0, 0.05) is 17.8 Å². The highest BCUT2D eigenvalue weighted by Gasteiger charge is 2.23. The summed E-state index contributed by atoms with van der Waals surface area (Å²) in [5, 5.41) is 13.4. The molecule has 0 saturated carbocycles. The second-order valence-corrected chi connectivity index (χ2v) is 7.83. The average molecular weight is 496 g/mol. The molecule has 0 aliphatic heterocycles. The minimum Gasteiger partial charge on any atom is -0.494 e. The molecule has 0 radical (unpaired) electrons. The number of ether oxygens (including phenoxy) is 2. The second-order valence-electron chi connectivity index (χ2n) is 7.83. The van der Waals surface area contributed by atoms with Gasteiger partial charge in [0.25, 0.3) is 11.7 Å². The third-order valence-electron chi connectivity index (χ3n) is 5.36. The van der Waals surface area contributed by atoms with Crippen molar-refractivity contribution in [1.82, 2.24) is 14.8 Å². The number of esters is 1. The fourth-order valence-corrected chi connectivity index (χ4v) is 3.64. The van der Waals surface area contributed by atoms with Crippen LogP contribution >= 0.6 is 0 Å². The lowest BCUT2D eigenvalue weighted by atomic mass is 10.2. The van der Waals surface area contributed by atoms with Crippen LogP contribution in [0.2, 0.25) is 0 Å². The molecule has 186 valence electrons. The van der Waals surface area contributed by atoms with Gasteiger partial charge < -0.3 is 14.4 Å². The Labute approximate surface area is 214 Å². The van der Waals surface area contributed by atoms with E-state index in [1.165, 1.54) is 4.90 Å². The van der Waals surface area contributed by atoms with Crippen LogP contribution in [0.1, 0.15) is 24.0 Å². The molecule has 0 unspecified atom stereocenters. The summed E-state index contributed by atoms with van der Waals surface area (Å²) in [5.41, 5.74) is 2.06. The van der Waals surface area contributed by atoms with E-state index in [1.54, 1.807) is 28.9 Å². The Morgan fingerprint density at radius 1 is 0.973 bits per heavy atom. The first-order chi connectivity index (χ1) is 18.1. The Morgan fingerprint density at radius 3 is 2.30 bits per heavy atom. The van der Waals surface area contributed by atoms with E-state index in [4.69, 9.17) is 14.7 Å². The molecule has 37 heavy (non-hydrogen) atoms. The molecule has 9 nitrogen and oxygen atoms in total. The van der Waals surface area contributed by atoms with Gasteiger partial charge >= 0.3 is 5.97 Å². The molecule has 1 aromatic heterocycles. The summed E-state index contributed by atoms with van der Waals surface area (Å²) in [6.45, 7) is 2.02. The number of benzene rings is 3. The summed E-state index contributed by atoms with van der Waals surface area (Å²) in [5.74, 6) is -0.333. The number of amides is 1. The fourth-order valence-electron chi connectivity index (χ4n) is 3.64. The maximum atomic E-state index is 13.0. The van der Waals surface area contributed by atoms with Crippen LogP contribution in [0.3, 0.4) is 0 Å². The van der Waals surface area contributed by atoms with Gasteiger partial charge in [-0.15, -0.1) is 5.10 Å². The quantitative estimate of drug-likeness (QED) is 0.299. The Hall–Kier alpha value is -4.97. The number of para-hydroxylation sites is 1. The largest absolute Gasteiger partial charge is 0.494 e. The third kappa shape index (κ3) is 6.18. The standard InChI is InChI=1S/C28H25N5O4/c1-2-36-24-16-14-22(15-17-24)32(19-9-18-29)25(34)20-37-28(35)26-30-27(21-10-5-3-6-11-21)33(31-26)23-12-7-4-8-13-23/h3-8,10-17H,2,9,19-20H2,1H3. The van der Waals surface area contributed by atoms with Gasteiger partial charge in [-0.25, -0.2) is 14.5 Å². The van der Waals surface area contributed by atoms with E-state index in [9.17, 15) is 9.59 Å². The number of rotatable bonds is 10. The van der Waals surface area contributed by atoms with E-state index >= 15 is 0 Å². The number of hydrogen-bond acceptors (Lipinski definition) is 7. The van der Waals surface area contributed by atoms with E-state index in [1.807, 2.05) is 73.7 Å². The molecule has 3 aromatic carbocycles. The molecule has 0 N–H and O–H groups in total. The molecule has 0 aliphatic carbocycles. The molecule has 0 atom stereocenters. The molecule has 9 heteroatoms. The van der Waals surface area contributed by atoms with Gasteiger partial charge in [-0.2, -0.15) is 5.26 Å². The Balaban J connectivity index is 1.52. The van der Waals surface area contributed by atoms with Gasteiger partial charge in [-0.3, -0.25) is 4.79 Å². The van der Waals surface area contributed by atoms with Gasteiger partial charge in [-0.1, -0.05) is 48.5 Å². The van der Waals surface area contributed by atoms with E-state index in [0.29, 0.717) is 23.9 Å². The fraction of sp³-hybridized carbons (Fsp3) is 0.179. The first-order valence-corrected chi connectivity index (χ1v) is 11.8. The number of anilines is 1. The Morgan fingerprint density at radius 2 is 1.65 bits per heavy atom. The minimum atomic E-state index is -0.827. The molecule has 0 fully saturated rings. The van der Waals surface area contributed by atoms with Crippen LogP contribution in [0.4, 0.5) is 5.69 Å². The number of aromatic nitrogens is 3. The SMILES string of the molecule is CCOc1ccc(N(CCC#N)C(=O)COC(=O)c2nc(-c3ccccc3)n(-c3ccccc3)n2)cc1. The predicted molar refractivity (Wildman–Crippen MR) is 137 cm³/mol. The molecule has 0 bridgehead atoms. The van der Waals surface area contributed by atoms with Crippen LogP contribution < -0.4 is 9.64 Å². The van der Waals surface area contributed by atoms with Crippen molar-refractivity contribution in [2.75, 3.05) is 24.7 Å². The number of hydrogen-bond donors (Lipinski definition) is 0. The molecule has 1 heterocycles. The number of nitrogens with zero attached hydrogens (tertiary/aromatic N) is 5. The highest BCUT2D eigenvalue weighted by molar-refractivity contribution is 5.96. The summed E-state index contributed by atoms with van der Waals surface area (Å²) in [4.78, 5) is 31.7. The highest BCUT2D eigenvalue weighted by Crippen LogP contribution is 2.22. The first-order valence-electron chi connectivity index (χ1n) is 11.8. The lowest BCUT2D eigenvalue weighted by Crippen LogP contribution is -2.35. The summed E-state index contributed by atoms with van der Waals surface area (Å²) in [6.07, 6.45) is 0.121. The Bertz CT molecular complexity index is 1320. The van der Waals surface area contributed by atoms with Crippen LogP contribution in [-0.4, -0.2) is 46.4 Å². The zero-order chi connectivity index (χ0) is 26.0. The molecule has 4 aromatic rings. The van der Waals surface area contributed by atoms with Crippen LogP contribution in [0.25, 0.3) is 17.1 Å². The van der Waals surface area contributed by atoms with Crippen molar-refractivity contribution in [3.63, 3.8) is 0 Å². The van der Waals surface area contributed by atoms with Crippen molar-refractivity contribution in [3.8, 4) is 28.9 Å². The zero-order valence-electron chi connectivity index (χ0n) is 20.3. The van der Waals surface area contributed by atoms with Crippen LogP contribution in [-0.2, 0) is 9.53 Å². The molecule has 1 amide bonds. The molecular formula is C28H25N5O4. The van der Waals surface area contributed by atoms with Gasteiger partial charge in [0.05, 0.1) is 24.8 Å². The van der Waals surface area contributed by atoms with Gasteiger partial charge in [0.1, 0.15) is 5.75 Å².